The predicted octanol–water partition coefficient (Wildman–Crippen LogP) is 7.68. The fourth-order valence-corrected chi connectivity index (χ4v) is 9.80. The molecule has 20 nitrogen and oxygen atoms in total. The van der Waals surface area contributed by atoms with Crippen LogP contribution in [0.5, 0.6) is 11.5 Å². The molecule has 0 amide bonds. The Morgan fingerprint density at radius 1 is 0.588 bits per heavy atom. The third-order valence-corrected chi connectivity index (χ3v) is 13.4. The van der Waals surface area contributed by atoms with Crippen molar-refractivity contribution in [3.05, 3.63) is 117 Å². The van der Waals surface area contributed by atoms with Gasteiger partial charge in [0.2, 0.25) is 0 Å². The van der Waals surface area contributed by atoms with Gasteiger partial charge in [-0.15, -0.1) is 0 Å². The van der Waals surface area contributed by atoms with E-state index in [0.717, 1.165) is 12.8 Å². The van der Waals surface area contributed by atoms with Crippen molar-refractivity contribution in [3.8, 4) is 34.3 Å². The summed E-state index contributed by atoms with van der Waals surface area (Å²) in [7, 11) is -5.09. The molecule has 0 fully saturated rings. The highest BCUT2D eigenvalue weighted by Gasteiger charge is 2.24. The number of H-pyrrole nitrogens is 2. The minimum absolute atomic E-state index is 0.120. The summed E-state index contributed by atoms with van der Waals surface area (Å²) in [6, 6.07) is 21.1. The van der Waals surface area contributed by atoms with Gasteiger partial charge in [0.15, 0.2) is 11.0 Å². The highest BCUT2D eigenvalue weighted by Crippen LogP contribution is 2.34. The normalized spacial score (nSPS) is 12.0. The Kier molecular flexibility index (Phi) is 13.2. The highest BCUT2D eigenvalue weighted by molar-refractivity contribution is 7.93. The van der Waals surface area contributed by atoms with Crippen molar-refractivity contribution in [2.24, 2.45) is 24.3 Å². The first kappa shape index (κ1) is 46.8. The number of hydrogen-bond acceptors (Lipinski definition) is 14. The molecule has 4 aromatic carbocycles. The van der Waals surface area contributed by atoms with Crippen LogP contribution in [0.25, 0.3) is 44.8 Å². The minimum Gasteiger partial charge on any atom is -0.493 e. The summed E-state index contributed by atoms with van der Waals surface area (Å²) >= 11 is 0. The van der Waals surface area contributed by atoms with Gasteiger partial charge in [0.05, 0.1) is 68.3 Å². The van der Waals surface area contributed by atoms with Crippen LogP contribution in [0.15, 0.2) is 115 Å². The molecule has 0 aliphatic rings. The number of hydrogen-bond donors (Lipinski definition) is 4. The van der Waals surface area contributed by atoms with Crippen LogP contribution >= 0.6 is 0 Å². The molecule has 0 atom stereocenters. The summed E-state index contributed by atoms with van der Waals surface area (Å²) in [5.41, 5.74) is 3.40. The van der Waals surface area contributed by atoms with E-state index in [9.17, 15) is 26.4 Å². The van der Waals surface area contributed by atoms with E-state index >= 15 is 0 Å². The second-order valence-electron chi connectivity index (χ2n) is 15.6. The van der Waals surface area contributed by atoms with Gasteiger partial charge in [-0.25, -0.2) is 26.8 Å². The van der Waals surface area contributed by atoms with Crippen molar-refractivity contribution in [1.82, 2.24) is 39.5 Å². The molecule has 0 radical (unpaired) electrons. The van der Waals surface area contributed by atoms with Crippen molar-refractivity contribution < 1.29 is 26.3 Å². The first-order valence-electron chi connectivity index (χ1n) is 21.8. The van der Waals surface area contributed by atoms with E-state index in [-0.39, 0.29) is 68.5 Å². The third-order valence-electron chi connectivity index (χ3n) is 10.6. The van der Waals surface area contributed by atoms with Crippen LogP contribution in [0.2, 0.25) is 0 Å². The Labute approximate surface area is 390 Å². The number of nitrogens with zero attached hydrogens (tertiary/aromatic N) is 8. The van der Waals surface area contributed by atoms with E-state index in [4.69, 9.17) is 19.4 Å². The van der Waals surface area contributed by atoms with Gasteiger partial charge in [-0.3, -0.25) is 28.4 Å². The van der Waals surface area contributed by atoms with Gasteiger partial charge in [-0.1, -0.05) is 38.8 Å². The number of anilines is 2. The summed E-state index contributed by atoms with van der Waals surface area (Å²) in [6.07, 6.45) is 2.76. The fourth-order valence-electron chi connectivity index (χ4n) is 7.65. The average Bonchev–Trinajstić information content (AvgIpc) is 3.80. The Balaban J connectivity index is 1.02. The van der Waals surface area contributed by atoms with Gasteiger partial charge in [-0.05, 0) is 99.5 Å². The SMILES string of the molecule is CCCc1nn(C)c2c(=O)[nH]c(-c3cc(S(=O)(=O)Nc4cccc(N=Nc5cccc(NS(=O)(=O)c6ccc(OCC)c(-c7nc8c(CCC)nn(C)c8c(=O)[nH]7)c6)c5)c4)ccc3OCC)nc12. The Morgan fingerprint density at radius 2 is 1.00 bits per heavy atom. The summed E-state index contributed by atoms with van der Waals surface area (Å²) < 4.78 is 75.2. The monoisotopic (exact) mass is 960 g/mol. The summed E-state index contributed by atoms with van der Waals surface area (Å²) in [4.78, 5) is 41.3. The number of nitrogens with one attached hydrogen (secondary N) is 4. The number of aryl methyl sites for hydroxylation is 4. The maximum Gasteiger partial charge on any atom is 0.277 e. The lowest BCUT2D eigenvalue weighted by atomic mass is 10.1. The minimum atomic E-state index is -4.22. The lowest BCUT2D eigenvalue weighted by Gasteiger charge is -2.14. The van der Waals surface area contributed by atoms with E-state index in [1.165, 1.54) is 57.9 Å². The number of aromatic amines is 2. The van der Waals surface area contributed by atoms with Gasteiger partial charge in [0.25, 0.3) is 31.2 Å². The van der Waals surface area contributed by atoms with Crippen molar-refractivity contribution >= 4 is 64.9 Å². The van der Waals surface area contributed by atoms with Crippen molar-refractivity contribution in [3.63, 3.8) is 0 Å². The predicted molar refractivity (Wildman–Crippen MR) is 258 cm³/mol. The lowest BCUT2D eigenvalue weighted by Crippen LogP contribution is -2.15. The largest absolute Gasteiger partial charge is 0.493 e. The van der Waals surface area contributed by atoms with E-state index in [1.807, 2.05) is 13.8 Å². The van der Waals surface area contributed by atoms with Gasteiger partial charge < -0.3 is 19.4 Å². The number of azo groups is 1. The second-order valence-corrected chi connectivity index (χ2v) is 18.9. The number of fused-ring (bicyclic) bond motifs is 2. The zero-order valence-corrected chi connectivity index (χ0v) is 39.6. The maximum atomic E-state index is 13.9. The molecule has 4 heterocycles. The molecule has 68 heavy (non-hydrogen) atoms. The van der Waals surface area contributed by atoms with E-state index in [1.54, 1.807) is 64.3 Å². The molecule has 352 valence electrons. The van der Waals surface area contributed by atoms with Crippen LogP contribution in [0.1, 0.15) is 51.9 Å². The van der Waals surface area contributed by atoms with Crippen molar-refractivity contribution in [1.29, 1.82) is 0 Å². The smallest absolute Gasteiger partial charge is 0.277 e. The zero-order valence-electron chi connectivity index (χ0n) is 38.0. The molecule has 0 aliphatic carbocycles. The molecule has 8 aromatic rings. The molecule has 4 aromatic heterocycles. The van der Waals surface area contributed by atoms with Crippen molar-refractivity contribution in [2.75, 3.05) is 22.7 Å². The summed E-state index contributed by atoms with van der Waals surface area (Å²) in [5, 5.41) is 17.5. The number of rotatable bonds is 18. The number of benzene rings is 4. The summed E-state index contributed by atoms with van der Waals surface area (Å²) in [5.74, 6) is 0.910. The van der Waals surface area contributed by atoms with Gasteiger partial charge >= 0.3 is 0 Å². The molecular formula is C46H48N12O8S2. The van der Waals surface area contributed by atoms with E-state index in [2.05, 4.69) is 39.8 Å². The van der Waals surface area contributed by atoms with Crippen LogP contribution in [0, 0.1) is 0 Å². The number of aromatic nitrogens is 8. The first-order valence-corrected chi connectivity index (χ1v) is 24.7. The van der Waals surface area contributed by atoms with Gasteiger partial charge in [0, 0.05) is 14.1 Å². The quantitative estimate of drug-likeness (QED) is 0.0604. The highest BCUT2D eigenvalue weighted by atomic mass is 32.2. The van der Waals surface area contributed by atoms with E-state index < -0.39 is 31.2 Å². The molecule has 0 saturated carbocycles. The average molecular weight is 961 g/mol. The maximum absolute atomic E-state index is 13.9. The Bertz CT molecular complexity index is 3370. The van der Waals surface area contributed by atoms with Gasteiger partial charge in [-0.2, -0.15) is 20.4 Å². The lowest BCUT2D eigenvalue weighted by molar-refractivity contribution is 0.341. The molecule has 8 rings (SSSR count). The number of ether oxygens (including phenoxy) is 2. The van der Waals surface area contributed by atoms with Gasteiger partial charge in [0.1, 0.15) is 34.2 Å². The fraction of sp³-hybridized carbons (Fsp3) is 0.261. The standard InChI is InChI=1S/C46H48N12O8S2/c1-7-13-35-39-41(57(5)53-35)45(59)49-43(47-39)33-25-31(19-21-37(33)65-9-3)67(61,62)55-29-17-11-15-27(23-29)51-52-28-16-12-18-30(24-28)56-68(63,64)32-20-22-38(66-10-4)34(26-32)44-48-40-36(14-8-2)54-58(6)42(40)46(60)50-44/h11-12,15-26,55-56H,7-10,13-14H2,1-6H3,(H,47,49,59)(H,48,50,60). The molecular weight excluding hydrogens is 913 g/mol. The first-order chi connectivity index (χ1) is 32.6. The molecule has 0 bridgehead atoms. The van der Waals surface area contributed by atoms with E-state index in [0.29, 0.717) is 57.8 Å². The van der Waals surface area contributed by atoms with Crippen LogP contribution < -0.4 is 30.0 Å². The van der Waals surface area contributed by atoms with Crippen LogP contribution in [-0.2, 0) is 47.0 Å². The molecule has 22 heteroatoms. The Morgan fingerprint density at radius 3 is 1.38 bits per heavy atom. The van der Waals surface area contributed by atoms with Crippen LogP contribution in [0.3, 0.4) is 0 Å². The Hall–Kier alpha value is -7.72. The molecule has 0 spiro atoms. The molecule has 0 unspecified atom stereocenters. The second kappa shape index (κ2) is 19.2. The third kappa shape index (κ3) is 9.58. The number of sulfonamides is 2. The van der Waals surface area contributed by atoms with Crippen molar-refractivity contribution in [2.45, 2.75) is 63.2 Å². The molecule has 0 saturated heterocycles. The zero-order chi connectivity index (χ0) is 48.3. The molecule has 4 N–H and O–H groups in total. The van der Waals surface area contributed by atoms with Crippen LogP contribution in [-0.4, -0.2) is 69.5 Å². The topological polar surface area (TPSA) is 263 Å². The summed E-state index contributed by atoms with van der Waals surface area (Å²) in [6.45, 7) is 8.12. The molecule has 0 aliphatic heterocycles. The van der Waals surface area contributed by atoms with Crippen LogP contribution in [0.4, 0.5) is 22.7 Å².